The van der Waals surface area contributed by atoms with E-state index in [1.165, 1.54) is 11.1 Å². The topological polar surface area (TPSA) is 24.1 Å². The Kier molecular flexibility index (Phi) is 5.58. The molecule has 1 aliphatic heterocycles. The minimum atomic E-state index is 0.242. The second-order valence-corrected chi connectivity index (χ2v) is 6.71. The summed E-state index contributed by atoms with van der Waals surface area (Å²) < 4.78 is 0. The Morgan fingerprint density at radius 2 is 2.04 bits per heavy atom. The Morgan fingerprint density at radius 3 is 2.96 bits per heavy atom. The van der Waals surface area contributed by atoms with Crippen LogP contribution in [0, 0.1) is 0 Å². The first-order valence-electron chi connectivity index (χ1n) is 8.55. The van der Waals surface area contributed by atoms with Gasteiger partial charge in [0, 0.05) is 0 Å². The Hall–Kier alpha value is -1.51. The van der Waals surface area contributed by atoms with Crippen molar-refractivity contribution in [2.24, 2.45) is 0 Å². The van der Waals surface area contributed by atoms with Crippen LogP contribution in [0.15, 0.2) is 48.6 Å². The maximum Gasteiger partial charge on any atom is 0.0640 e. The summed E-state index contributed by atoms with van der Waals surface area (Å²) in [6, 6.07) is 4.45. The smallest absolute Gasteiger partial charge is 0.0640 e. The summed E-state index contributed by atoms with van der Waals surface area (Å²) in [6.07, 6.45) is 14.0. The van der Waals surface area contributed by atoms with Crippen molar-refractivity contribution >= 4 is 17.3 Å². The van der Waals surface area contributed by atoms with E-state index in [9.17, 15) is 0 Å². The highest BCUT2D eigenvalue weighted by atomic mass is 35.5. The molecule has 0 saturated carbocycles. The molecule has 23 heavy (non-hydrogen) atoms. The van der Waals surface area contributed by atoms with Crippen LogP contribution >= 0.6 is 11.6 Å². The Balaban J connectivity index is 1.87. The average Bonchev–Trinajstić information content (AvgIpc) is 2.74. The number of fused-ring (bicyclic) bond motifs is 1. The summed E-state index contributed by atoms with van der Waals surface area (Å²) in [5.74, 6) is 0. The second kappa shape index (κ2) is 7.85. The van der Waals surface area contributed by atoms with Gasteiger partial charge >= 0.3 is 0 Å². The maximum atomic E-state index is 6.54. The van der Waals surface area contributed by atoms with Gasteiger partial charge in [-0.2, -0.15) is 0 Å². The molecule has 0 saturated heterocycles. The zero-order chi connectivity index (χ0) is 16.1. The molecule has 1 atom stereocenters. The fraction of sp³-hybridized carbons (Fsp3) is 0.400. The van der Waals surface area contributed by atoms with Gasteiger partial charge in [-0.1, -0.05) is 48.6 Å². The molecular weight excluding hydrogens is 304 g/mol. The summed E-state index contributed by atoms with van der Waals surface area (Å²) in [7, 11) is 0. The molecule has 0 radical (unpaired) electrons. The van der Waals surface area contributed by atoms with Crippen LogP contribution in [-0.4, -0.2) is 19.1 Å². The number of nitrogens with one attached hydrogen (secondary N) is 2. The lowest BCUT2D eigenvalue weighted by Crippen LogP contribution is -2.22. The molecule has 3 rings (SSSR count). The number of rotatable bonds is 2. The third-order valence-corrected chi connectivity index (χ3v) is 4.98. The lowest BCUT2D eigenvalue weighted by Gasteiger charge is -2.24. The van der Waals surface area contributed by atoms with Gasteiger partial charge in [0.05, 0.1) is 16.8 Å². The quantitative estimate of drug-likeness (QED) is 0.825. The molecule has 0 aromatic heterocycles. The fourth-order valence-electron chi connectivity index (χ4n) is 3.33. The van der Waals surface area contributed by atoms with Crippen LogP contribution in [0.25, 0.3) is 0 Å². The van der Waals surface area contributed by atoms with Crippen LogP contribution < -0.4 is 10.6 Å². The van der Waals surface area contributed by atoms with E-state index in [2.05, 4.69) is 47.6 Å². The highest BCUT2D eigenvalue weighted by molar-refractivity contribution is 6.33. The largest absolute Gasteiger partial charge is 0.377 e. The van der Waals surface area contributed by atoms with Crippen LogP contribution in [0.3, 0.4) is 0 Å². The number of benzene rings is 1. The van der Waals surface area contributed by atoms with Crippen LogP contribution in [0.2, 0.25) is 5.02 Å². The SMILES string of the molecule is C=C1/C=C\C=C/CCCC1Nc1c(Cl)ccc2c1CCNCC2. The Bertz CT molecular complexity index is 631. The lowest BCUT2D eigenvalue weighted by atomic mass is 9.97. The molecule has 0 spiro atoms. The predicted octanol–water partition coefficient (Wildman–Crippen LogP) is 4.66. The van der Waals surface area contributed by atoms with Gasteiger partial charge in [-0.05, 0) is 68.0 Å². The molecule has 1 aromatic rings. The van der Waals surface area contributed by atoms with Crippen LogP contribution in [0.5, 0.6) is 0 Å². The Morgan fingerprint density at radius 1 is 1.17 bits per heavy atom. The van der Waals surface area contributed by atoms with Crippen molar-refractivity contribution in [2.45, 2.75) is 38.1 Å². The van der Waals surface area contributed by atoms with Gasteiger partial charge in [-0.15, -0.1) is 0 Å². The van der Waals surface area contributed by atoms with E-state index < -0.39 is 0 Å². The van der Waals surface area contributed by atoms with Gasteiger partial charge in [0.25, 0.3) is 0 Å². The number of hydrogen-bond acceptors (Lipinski definition) is 2. The van der Waals surface area contributed by atoms with E-state index in [-0.39, 0.29) is 6.04 Å². The van der Waals surface area contributed by atoms with Crippen LogP contribution in [0.4, 0.5) is 5.69 Å². The third-order valence-electron chi connectivity index (χ3n) is 4.67. The first kappa shape index (κ1) is 16.4. The van der Waals surface area contributed by atoms with Crippen molar-refractivity contribution in [1.29, 1.82) is 0 Å². The number of allylic oxidation sites excluding steroid dienone is 3. The molecule has 1 aromatic carbocycles. The zero-order valence-electron chi connectivity index (χ0n) is 13.6. The van der Waals surface area contributed by atoms with Gasteiger partial charge in [0.2, 0.25) is 0 Å². The summed E-state index contributed by atoms with van der Waals surface area (Å²) >= 11 is 6.54. The van der Waals surface area contributed by atoms with Gasteiger partial charge < -0.3 is 10.6 Å². The maximum absolute atomic E-state index is 6.54. The molecule has 122 valence electrons. The second-order valence-electron chi connectivity index (χ2n) is 6.30. The average molecular weight is 329 g/mol. The molecule has 2 nitrogen and oxygen atoms in total. The number of anilines is 1. The molecule has 1 heterocycles. The van der Waals surface area contributed by atoms with E-state index in [1.807, 2.05) is 6.07 Å². The fourth-order valence-corrected chi connectivity index (χ4v) is 3.57. The van der Waals surface area contributed by atoms with Gasteiger partial charge in [0.1, 0.15) is 0 Å². The molecule has 1 aliphatic carbocycles. The molecule has 2 aliphatic rings. The zero-order valence-corrected chi connectivity index (χ0v) is 14.3. The van der Waals surface area contributed by atoms with Crippen molar-refractivity contribution < 1.29 is 0 Å². The monoisotopic (exact) mass is 328 g/mol. The van der Waals surface area contributed by atoms with Crippen molar-refractivity contribution in [3.05, 3.63) is 64.7 Å². The summed E-state index contributed by atoms with van der Waals surface area (Å²) in [5.41, 5.74) is 5.02. The number of hydrogen-bond donors (Lipinski definition) is 2. The van der Waals surface area contributed by atoms with Gasteiger partial charge in [-0.25, -0.2) is 0 Å². The molecule has 0 fully saturated rings. The molecule has 1 unspecified atom stereocenters. The lowest BCUT2D eigenvalue weighted by molar-refractivity contribution is 0.689. The summed E-state index contributed by atoms with van der Waals surface area (Å²) in [4.78, 5) is 0. The predicted molar refractivity (Wildman–Crippen MR) is 100 cm³/mol. The molecule has 0 amide bonds. The van der Waals surface area contributed by atoms with E-state index in [0.29, 0.717) is 0 Å². The number of halogens is 1. The first-order valence-corrected chi connectivity index (χ1v) is 8.93. The molecule has 3 heteroatoms. The van der Waals surface area contributed by atoms with Crippen molar-refractivity contribution in [2.75, 3.05) is 18.4 Å². The highest BCUT2D eigenvalue weighted by Crippen LogP contribution is 2.32. The normalized spacial score (nSPS) is 24.6. The third kappa shape index (κ3) is 4.07. The van der Waals surface area contributed by atoms with Crippen LogP contribution in [0.1, 0.15) is 30.4 Å². The van der Waals surface area contributed by atoms with Crippen molar-refractivity contribution in [3.63, 3.8) is 0 Å². The minimum Gasteiger partial charge on any atom is -0.377 e. The van der Waals surface area contributed by atoms with E-state index in [1.54, 1.807) is 0 Å². The van der Waals surface area contributed by atoms with E-state index in [0.717, 1.165) is 61.5 Å². The molecule has 0 bridgehead atoms. The van der Waals surface area contributed by atoms with E-state index in [4.69, 9.17) is 11.6 Å². The van der Waals surface area contributed by atoms with Gasteiger partial charge in [-0.3, -0.25) is 0 Å². The standard InChI is InChI=1S/C20H25ClN2/c1-15-7-5-3-2-4-6-8-19(15)23-20-17-12-14-22-13-11-16(17)9-10-18(20)21/h2-3,5,7,9-10,19,22-23H,1,4,6,8,11-14H2/b3-2-,7-5-. The minimum absolute atomic E-state index is 0.242. The molecular formula is C20H25ClN2. The van der Waals surface area contributed by atoms with E-state index >= 15 is 0 Å². The highest BCUT2D eigenvalue weighted by Gasteiger charge is 2.18. The summed E-state index contributed by atoms with van der Waals surface area (Å²) in [5, 5.41) is 8.00. The Labute approximate surface area is 144 Å². The van der Waals surface area contributed by atoms with Crippen molar-refractivity contribution in [3.8, 4) is 0 Å². The summed E-state index contributed by atoms with van der Waals surface area (Å²) in [6.45, 7) is 6.31. The first-order chi connectivity index (χ1) is 11.3. The van der Waals surface area contributed by atoms with Crippen LogP contribution in [-0.2, 0) is 12.8 Å². The van der Waals surface area contributed by atoms with Crippen molar-refractivity contribution in [1.82, 2.24) is 5.32 Å². The van der Waals surface area contributed by atoms with Gasteiger partial charge in [0.15, 0.2) is 0 Å². The molecule has 2 N–H and O–H groups in total.